The predicted octanol–water partition coefficient (Wildman–Crippen LogP) is 4.78. The molecule has 0 radical (unpaired) electrons. The van der Waals surface area contributed by atoms with E-state index in [1.54, 1.807) is 47.3 Å². The van der Waals surface area contributed by atoms with Crippen LogP contribution in [0, 0.1) is 5.82 Å². The molecule has 1 fully saturated rings. The number of likely N-dealkylation sites (N-methyl/N-ethyl adjacent to an activating group) is 1. The van der Waals surface area contributed by atoms with E-state index in [2.05, 4.69) is 37.1 Å². The van der Waals surface area contributed by atoms with Gasteiger partial charge in [-0.05, 0) is 79.8 Å². The SMILES string of the molecule is CN1CCN(c2ccc(NC(=O)c3cnc(-c4c(-c5ccc(F)cc5)ncn4-c4ccc(O)cc4)[nH]3)cc2)CC1. The number of hydrogen-bond acceptors (Lipinski definition) is 6. The second-order valence-corrected chi connectivity index (χ2v) is 9.77. The molecule has 2 aromatic heterocycles. The van der Waals surface area contributed by atoms with Crippen LogP contribution in [0.15, 0.2) is 85.3 Å². The number of H-pyrrole nitrogens is 1. The summed E-state index contributed by atoms with van der Waals surface area (Å²) in [6.45, 7) is 3.99. The number of aromatic hydroxyl groups is 1. The summed E-state index contributed by atoms with van der Waals surface area (Å²) in [5, 5.41) is 12.7. The van der Waals surface area contributed by atoms with Crippen LogP contribution in [0.25, 0.3) is 28.5 Å². The fourth-order valence-corrected chi connectivity index (χ4v) is 4.78. The van der Waals surface area contributed by atoms with Crippen LogP contribution in [0.2, 0.25) is 0 Å². The predicted molar refractivity (Wildman–Crippen MR) is 152 cm³/mol. The van der Waals surface area contributed by atoms with Gasteiger partial charge in [0.1, 0.15) is 29.3 Å². The number of rotatable bonds is 6. The average Bonchev–Trinajstić information content (AvgIpc) is 3.63. The number of amides is 1. The molecule has 1 aliphatic heterocycles. The molecule has 3 heterocycles. The number of piperazine rings is 1. The van der Waals surface area contributed by atoms with Crippen molar-refractivity contribution in [1.82, 2.24) is 24.4 Å². The summed E-state index contributed by atoms with van der Waals surface area (Å²) in [5.74, 6) is -0.125. The third-order valence-corrected chi connectivity index (χ3v) is 7.05. The lowest BCUT2D eigenvalue weighted by Crippen LogP contribution is -2.44. The number of halogens is 1. The molecular weight excluding hydrogens is 509 g/mol. The number of nitrogens with zero attached hydrogens (tertiary/aromatic N) is 5. The molecule has 0 unspecified atom stereocenters. The Labute approximate surface area is 230 Å². The second-order valence-electron chi connectivity index (χ2n) is 9.77. The van der Waals surface area contributed by atoms with Crippen LogP contribution in [0.1, 0.15) is 10.5 Å². The van der Waals surface area contributed by atoms with Gasteiger partial charge in [0.25, 0.3) is 5.91 Å². The highest BCUT2D eigenvalue weighted by Gasteiger charge is 2.21. The largest absolute Gasteiger partial charge is 0.508 e. The molecule has 0 spiro atoms. The Kier molecular flexibility index (Phi) is 6.75. The molecule has 0 atom stereocenters. The van der Waals surface area contributed by atoms with E-state index in [1.807, 2.05) is 24.3 Å². The van der Waals surface area contributed by atoms with E-state index in [9.17, 15) is 14.3 Å². The summed E-state index contributed by atoms with van der Waals surface area (Å²) in [6.07, 6.45) is 3.11. The van der Waals surface area contributed by atoms with Crippen molar-refractivity contribution in [3.05, 3.63) is 96.8 Å². The molecule has 10 heteroatoms. The molecule has 1 amide bonds. The van der Waals surface area contributed by atoms with Crippen molar-refractivity contribution in [2.24, 2.45) is 0 Å². The highest BCUT2D eigenvalue weighted by molar-refractivity contribution is 6.03. The van der Waals surface area contributed by atoms with E-state index in [4.69, 9.17) is 0 Å². The molecule has 0 bridgehead atoms. The van der Waals surface area contributed by atoms with Crippen LogP contribution < -0.4 is 10.2 Å². The van der Waals surface area contributed by atoms with Crippen molar-refractivity contribution in [2.75, 3.05) is 43.4 Å². The summed E-state index contributed by atoms with van der Waals surface area (Å²) in [6, 6.07) is 20.5. The number of carbonyl (C=O) groups excluding carboxylic acids is 1. The maximum atomic E-state index is 13.6. The van der Waals surface area contributed by atoms with Gasteiger partial charge in [-0.3, -0.25) is 9.36 Å². The van der Waals surface area contributed by atoms with Crippen molar-refractivity contribution in [3.8, 4) is 34.2 Å². The highest BCUT2D eigenvalue weighted by Crippen LogP contribution is 2.32. The highest BCUT2D eigenvalue weighted by atomic mass is 19.1. The van der Waals surface area contributed by atoms with Gasteiger partial charge >= 0.3 is 0 Å². The van der Waals surface area contributed by atoms with Crippen molar-refractivity contribution < 1.29 is 14.3 Å². The number of phenolic OH excluding ortho intramolecular Hbond substituents is 1. The lowest BCUT2D eigenvalue weighted by molar-refractivity contribution is 0.102. The zero-order chi connectivity index (χ0) is 27.6. The van der Waals surface area contributed by atoms with E-state index >= 15 is 0 Å². The number of anilines is 2. The number of phenols is 1. The number of imidazole rings is 2. The fraction of sp³-hybridized carbons (Fsp3) is 0.167. The van der Waals surface area contributed by atoms with Gasteiger partial charge in [0, 0.05) is 48.8 Å². The lowest BCUT2D eigenvalue weighted by atomic mass is 10.1. The van der Waals surface area contributed by atoms with Crippen LogP contribution >= 0.6 is 0 Å². The normalized spacial score (nSPS) is 13.9. The number of nitrogens with one attached hydrogen (secondary N) is 2. The van der Waals surface area contributed by atoms with E-state index < -0.39 is 0 Å². The van der Waals surface area contributed by atoms with Crippen molar-refractivity contribution in [1.29, 1.82) is 0 Å². The van der Waals surface area contributed by atoms with Gasteiger partial charge in [-0.1, -0.05) is 0 Å². The smallest absolute Gasteiger partial charge is 0.273 e. The van der Waals surface area contributed by atoms with Gasteiger partial charge in [-0.2, -0.15) is 0 Å². The number of hydrogen-bond donors (Lipinski definition) is 3. The molecule has 0 saturated carbocycles. The van der Waals surface area contributed by atoms with E-state index in [-0.39, 0.29) is 23.2 Å². The molecule has 5 aromatic rings. The minimum atomic E-state index is -0.350. The minimum absolute atomic E-state index is 0.137. The van der Waals surface area contributed by atoms with Crippen molar-refractivity contribution in [2.45, 2.75) is 0 Å². The Morgan fingerprint density at radius 1 is 0.900 bits per heavy atom. The third kappa shape index (κ3) is 5.16. The van der Waals surface area contributed by atoms with Gasteiger partial charge < -0.3 is 25.2 Å². The number of aromatic amines is 1. The Morgan fingerprint density at radius 2 is 1.57 bits per heavy atom. The molecule has 202 valence electrons. The minimum Gasteiger partial charge on any atom is -0.508 e. The van der Waals surface area contributed by atoms with E-state index in [0.29, 0.717) is 28.5 Å². The summed E-state index contributed by atoms with van der Waals surface area (Å²) in [7, 11) is 2.13. The number of carbonyl (C=O) groups is 1. The molecule has 9 nitrogen and oxygen atoms in total. The summed E-state index contributed by atoms with van der Waals surface area (Å²) in [5.41, 5.74) is 4.67. The van der Waals surface area contributed by atoms with Crippen LogP contribution in [-0.2, 0) is 0 Å². The standard InChI is InChI=1S/C30H28FN7O2/c1-36-14-16-37(17-15-36)23-8-6-22(7-9-23)34-30(40)26-18-32-29(35-26)28-27(20-2-4-21(31)5-3-20)33-19-38(28)24-10-12-25(39)13-11-24/h2-13,18-19,39H,14-17H2,1H3,(H,32,35)(H,34,40). The Hall–Kier alpha value is -4.96. The molecule has 1 saturated heterocycles. The molecule has 40 heavy (non-hydrogen) atoms. The Bertz CT molecular complexity index is 1560. The van der Waals surface area contributed by atoms with Gasteiger partial charge in [0.15, 0.2) is 5.82 Å². The second kappa shape index (κ2) is 10.7. The summed E-state index contributed by atoms with van der Waals surface area (Å²) in [4.78, 5) is 30.0. The average molecular weight is 538 g/mol. The van der Waals surface area contributed by atoms with Crippen molar-refractivity contribution >= 4 is 17.3 Å². The molecule has 1 aliphatic rings. The maximum Gasteiger partial charge on any atom is 0.273 e. The topological polar surface area (TPSA) is 102 Å². The Morgan fingerprint density at radius 3 is 2.27 bits per heavy atom. The van der Waals surface area contributed by atoms with Crippen LogP contribution in [0.3, 0.4) is 0 Å². The first-order valence-electron chi connectivity index (χ1n) is 13.0. The van der Waals surface area contributed by atoms with Crippen LogP contribution in [0.5, 0.6) is 5.75 Å². The summed E-state index contributed by atoms with van der Waals surface area (Å²) < 4.78 is 15.4. The first-order chi connectivity index (χ1) is 19.4. The van der Waals surface area contributed by atoms with Crippen molar-refractivity contribution in [3.63, 3.8) is 0 Å². The van der Waals surface area contributed by atoms with Gasteiger partial charge in [-0.25, -0.2) is 14.4 Å². The molecular formula is C30H28FN7O2. The molecule has 6 rings (SSSR count). The van der Waals surface area contributed by atoms with Crippen LogP contribution in [-0.4, -0.2) is 68.7 Å². The van der Waals surface area contributed by atoms with Gasteiger partial charge in [0.2, 0.25) is 0 Å². The Balaban J connectivity index is 1.26. The third-order valence-electron chi connectivity index (χ3n) is 7.05. The van der Waals surface area contributed by atoms with Gasteiger partial charge in [-0.15, -0.1) is 0 Å². The lowest BCUT2D eigenvalue weighted by Gasteiger charge is -2.34. The monoisotopic (exact) mass is 537 g/mol. The van der Waals surface area contributed by atoms with E-state index in [1.165, 1.54) is 18.3 Å². The fourth-order valence-electron chi connectivity index (χ4n) is 4.78. The quantitative estimate of drug-likeness (QED) is 0.288. The van der Waals surface area contributed by atoms with Crippen LogP contribution in [0.4, 0.5) is 15.8 Å². The van der Waals surface area contributed by atoms with Gasteiger partial charge in [0.05, 0.1) is 11.9 Å². The molecule has 3 aromatic carbocycles. The van der Waals surface area contributed by atoms with E-state index in [0.717, 1.165) is 37.6 Å². The zero-order valence-corrected chi connectivity index (χ0v) is 21.9. The number of benzene rings is 3. The first-order valence-corrected chi connectivity index (χ1v) is 13.0. The maximum absolute atomic E-state index is 13.6. The molecule has 3 N–H and O–H groups in total. The zero-order valence-electron chi connectivity index (χ0n) is 21.9. The number of aromatic nitrogens is 4. The summed E-state index contributed by atoms with van der Waals surface area (Å²) >= 11 is 0. The molecule has 0 aliphatic carbocycles. The first kappa shape index (κ1) is 25.3.